The average molecular weight is 276 g/mol. The fourth-order valence-electron chi connectivity index (χ4n) is 3.09. The monoisotopic (exact) mass is 276 g/mol. The number of carbonyl (C=O) groups excluding carboxylic acids is 1. The third kappa shape index (κ3) is 2.41. The second-order valence-corrected chi connectivity index (χ2v) is 7.03. The molecule has 20 heavy (non-hydrogen) atoms. The molecule has 1 atom stereocenters. The van der Waals surface area contributed by atoms with Crippen molar-refractivity contribution >= 4 is 11.9 Å². The zero-order chi connectivity index (χ0) is 14.3. The summed E-state index contributed by atoms with van der Waals surface area (Å²) in [6, 6.07) is 0. The first kappa shape index (κ1) is 13.5. The molecule has 5 heteroatoms. The minimum absolute atomic E-state index is 0.0837. The van der Waals surface area contributed by atoms with E-state index in [9.17, 15) is 4.79 Å². The molecule has 0 radical (unpaired) electrons. The van der Waals surface area contributed by atoms with E-state index in [1.54, 1.807) is 0 Å². The van der Waals surface area contributed by atoms with Crippen molar-refractivity contribution in [2.75, 3.05) is 25.0 Å². The van der Waals surface area contributed by atoms with Crippen molar-refractivity contribution < 1.29 is 4.79 Å². The van der Waals surface area contributed by atoms with Gasteiger partial charge in [0, 0.05) is 32.4 Å². The van der Waals surface area contributed by atoms with Crippen LogP contribution in [0.15, 0.2) is 6.20 Å². The molecular weight excluding hydrogens is 252 g/mol. The van der Waals surface area contributed by atoms with E-state index in [0.717, 1.165) is 45.0 Å². The molecule has 0 spiro atoms. The predicted octanol–water partition coefficient (Wildman–Crippen LogP) is 2.21. The first-order valence-electron chi connectivity index (χ1n) is 7.55. The van der Waals surface area contributed by atoms with Crippen molar-refractivity contribution in [3.05, 3.63) is 11.9 Å². The largest absolute Gasteiger partial charge is 0.356 e. The Hall–Kier alpha value is -1.52. The highest BCUT2D eigenvalue weighted by molar-refractivity contribution is 5.92. The number of rotatable bonds is 1. The average Bonchev–Trinajstić information content (AvgIpc) is 3.04. The highest BCUT2D eigenvalue weighted by Gasteiger charge is 2.35. The van der Waals surface area contributed by atoms with Gasteiger partial charge in [0.1, 0.15) is 5.69 Å². The summed E-state index contributed by atoms with van der Waals surface area (Å²) in [5, 5.41) is 3.24. The second-order valence-electron chi connectivity index (χ2n) is 7.03. The van der Waals surface area contributed by atoms with Gasteiger partial charge in [-0.15, -0.1) is 0 Å². The van der Waals surface area contributed by atoms with Crippen LogP contribution in [0.2, 0.25) is 0 Å². The van der Waals surface area contributed by atoms with Gasteiger partial charge >= 0.3 is 0 Å². The van der Waals surface area contributed by atoms with Crippen LogP contribution >= 0.6 is 0 Å². The standard InChI is InChI=1S/C15H24N4O/c1-15(2,3)11-5-8-18(9-11)13(20)12-10-19-7-4-6-16-14(19)17-12/h10-11H,4-9H2,1-3H3,(H,16,17). The lowest BCUT2D eigenvalue weighted by Gasteiger charge is -2.26. The number of nitrogens with one attached hydrogen (secondary N) is 1. The Bertz CT molecular complexity index is 491. The number of nitrogens with zero attached hydrogens (tertiary/aromatic N) is 3. The van der Waals surface area contributed by atoms with Gasteiger partial charge in [-0.3, -0.25) is 4.79 Å². The first-order chi connectivity index (χ1) is 9.45. The van der Waals surface area contributed by atoms with Gasteiger partial charge < -0.3 is 14.8 Å². The summed E-state index contributed by atoms with van der Waals surface area (Å²) in [4.78, 5) is 19.0. The molecule has 1 N–H and O–H groups in total. The molecule has 1 unspecified atom stereocenters. The molecule has 5 nitrogen and oxygen atoms in total. The Labute approximate surface area is 120 Å². The molecule has 0 aromatic carbocycles. The van der Waals surface area contributed by atoms with Crippen molar-refractivity contribution in [3.8, 4) is 0 Å². The van der Waals surface area contributed by atoms with E-state index < -0.39 is 0 Å². The van der Waals surface area contributed by atoms with Crippen molar-refractivity contribution in [1.29, 1.82) is 0 Å². The van der Waals surface area contributed by atoms with Crippen LogP contribution in [0.3, 0.4) is 0 Å². The SMILES string of the molecule is CC(C)(C)C1CCN(C(=O)c2cn3c(n2)NCCC3)C1. The lowest BCUT2D eigenvalue weighted by atomic mass is 9.80. The molecule has 1 aromatic heterocycles. The van der Waals surface area contributed by atoms with Crippen molar-refractivity contribution in [3.63, 3.8) is 0 Å². The van der Waals surface area contributed by atoms with Gasteiger partial charge in [-0.25, -0.2) is 4.98 Å². The zero-order valence-electron chi connectivity index (χ0n) is 12.6. The van der Waals surface area contributed by atoms with Crippen LogP contribution < -0.4 is 5.32 Å². The number of imidazole rings is 1. The lowest BCUT2D eigenvalue weighted by molar-refractivity contribution is 0.0771. The molecule has 1 saturated heterocycles. The summed E-state index contributed by atoms with van der Waals surface area (Å²) < 4.78 is 2.05. The van der Waals surface area contributed by atoms with Crippen LogP contribution in [0, 0.1) is 11.3 Å². The third-order valence-electron chi connectivity index (χ3n) is 4.55. The van der Waals surface area contributed by atoms with Crippen LogP contribution in [0.4, 0.5) is 5.95 Å². The van der Waals surface area contributed by atoms with Crippen LogP contribution in [0.25, 0.3) is 0 Å². The second kappa shape index (κ2) is 4.79. The fourth-order valence-corrected chi connectivity index (χ4v) is 3.09. The zero-order valence-corrected chi connectivity index (χ0v) is 12.6. The van der Waals surface area contributed by atoms with Gasteiger partial charge in [-0.1, -0.05) is 20.8 Å². The number of amides is 1. The van der Waals surface area contributed by atoms with Gasteiger partial charge in [0.15, 0.2) is 0 Å². The van der Waals surface area contributed by atoms with Crippen molar-refractivity contribution in [1.82, 2.24) is 14.5 Å². The minimum atomic E-state index is 0.0837. The van der Waals surface area contributed by atoms with Gasteiger partial charge in [0.05, 0.1) is 0 Å². The van der Waals surface area contributed by atoms with E-state index >= 15 is 0 Å². The maximum absolute atomic E-state index is 12.6. The molecule has 2 aliphatic heterocycles. The Morgan fingerprint density at radius 3 is 2.85 bits per heavy atom. The highest BCUT2D eigenvalue weighted by Crippen LogP contribution is 2.34. The summed E-state index contributed by atoms with van der Waals surface area (Å²) in [7, 11) is 0. The van der Waals surface area contributed by atoms with Gasteiger partial charge in [-0.2, -0.15) is 0 Å². The van der Waals surface area contributed by atoms with Gasteiger partial charge in [0.25, 0.3) is 5.91 Å². The molecule has 3 heterocycles. The third-order valence-corrected chi connectivity index (χ3v) is 4.55. The molecule has 0 aliphatic carbocycles. The Morgan fingerprint density at radius 2 is 2.20 bits per heavy atom. The number of carbonyl (C=O) groups is 1. The van der Waals surface area contributed by atoms with E-state index in [2.05, 4.69) is 31.1 Å². The van der Waals surface area contributed by atoms with Crippen LogP contribution in [-0.2, 0) is 6.54 Å². The smallest absolute Gasteiger partial charge is 0.274 e. The molecular formula is C15H24N4O. The van der Waals surface area contributed by atoms with E-state index in [4.69, 9.17) is 0 Å². The molecule has 1 amide bonds. The maximum atomic E-state index is 12.6. The summed E-state index contributed by atoms with van der Waals surface area (Å²) in [6.45, 7) is 10.4. The molecule has 110 valence electrons. The Kier molecular flexibility index (Phi) is 3.22. The van der Waals surface area contributed by atoms with E-state index in [-0.39, 0.29) is 11.3 Å². The van der Waals surface area contributed by atoms with Crippen LogP contribution in [-0.4, -0.2) is 40.0 Å². The van der Waals surface area contributed by atoms with Crippen molar-refractivity contribution in [2.45, 2.75) is 40.2 Å². The topological polar surface area (TPSA) is 50.2 Å². The van der Waals surface area contributed by atoms with E-state index in [1.807, 2.05) is 15.7 Å². The highest BCUT2D eigenvalue weighted by atomic mass is 16.2. The summed E-state index contributed by atoms with van der Waals surface area (Å²) in [5.41, 5.74) is 0.855. The molecule has 3 rings (SSSR count). The number of fused-ring (bicyclic) bond motifs is 1. The fraction of sp³-hybridized carbons (Fsp3) is 0.733. The molecule has 1 fully saturated rings. The number of aromatic nitrogens is 2. The Balaban J connectivity index is 1.72. The summed E-state index contributed by atoms with van der Waals surface area (Å²) in [6.07, 6.45) is 4.09. The van der Waals surface area contributed by atoms with E-state index in [1.165, 1.54) is 0 Å². The molecule has 0 saturated carbocycles. The predicted molar refractivity (Wildman–Crippen MR) is 78.8 cm³/mol. The number of anilines is 1. The van der Waals surface area contributed by atoms with Crippen molar-refractivity contribution in [2.24, 2.45) is 11.3 Å². The number of hydrogen-bond acceptors (Lipinski definition) is 3. The number of aryl methyl sites for hydroxylation is 1. The molecule has 2 aliphatic rings. The first-order valence-corrected chi connectivity index (χ1v) is 7.55. The number of hydrogen-bond donors (Lipinski definition) is 1. The molecule has 0 bridgehead atoms. The van der Waals surface area contributed by atoms with Gasteiger partial charge in [0.2, 0.25) is 5.95 Å². The summed E-state index contributed by atoms with van der Waals surface area (Å²) in [5.74, 6) is 1.51. The minimum Gasteiger partial charge on any atom is -0.356 e. The maximum Gasteiger partial charge on any atom is 0.274 e. The van der Waals surface area contributed by atoms with E-state index in [0.29, 0.717) is 11.6 Å². The quantitative estimate of drug-likeness (QED) is 0.855. The molecule has 1 aromatic rings. The summed E-state index contributed by atoms with van der Waals surface area (Å²) >= 11 is 0. The number of likely N-dealkylation sites (tertiary alicyclic amines) is 1. The Morgan fingerprint density at radius 1 is 1.40 bits per heavy atom. The van der Waals surface area contributed by atoms with Crippen LogP contribution in [0.1, 0.15) is 44.1 Å². The van der Waals surface area contributed by atoms with Gasteiger partial charge in [-0.05, 0) is 24.2 Å². The van der Waals surface area contributed by atoms with Crippen LogP contribution in [0.5, 0.6) is 0 Å². The lowest BCUT2D eigenvalue weighted by Crippen LogP contribution is -2.31. The normalized spacial score (nSPS) is 22.6.